The van der Waals surface area contributed by atoms with Crippen LogP contribution in [0.2, 0.25) is 0 Å². The average molecular weight is 820 g/mol. The zero-order chi connectivity index (χ0) is 43.0. The molecule has 3 aliphatic carbocycles. The van der Waals surface area contributed by atoms with Gasteiger partial charge in [0, 0.05) is 29.5 Å². The van der Waals surface area contributed by atoms with Crippen molar-refractivity contribution in [2.75, 3.05) is 33.0 Å². The quantitative estimate of drug-likeness (QED) is 0.0577. The van der Waals surface area contributed by atoms with Gasteiger partial charge in [-0.3, -0.25) is 4.79 Å². The van der Waals surface area contributed by atoms with Gasteiger partial charge in [-0.2, -0.15) is 0 Å². The van der Waals surface area contributed by atoms with Crippen molar-refractivity contribution in [1.29, 1.82) is 0 Å². The summed E-state index contributed by atoms with van der Waals surface area (Å²) in [5.41, 5.74) is 3.58. The minimum atomic E-state index is -0.648. The number of aliphatic hydroxyl groups excluding tert-OH is 2. The minimum absolute atomic E-state index is 0.0764. The summed E-state index contributed by atoms with van der Waals surface area (Å²) >= 11 is 0. The molecule has 4 rings (SSSR count). The largest absolute Gasteiger partial charge is 0.493 e. The lowest BCUT2D eigenvalue weighted by Crippen LogP contribution is -2.33. The van der Waals surface area contributed by atoms with Crippen LogP contribution in [0.15, 0.2) is 36.4 Å². The molecule has 0 unspecified atom stereocenters. The topological polar surface area (TPSA) is 105 Å². The highest BCUT2D eigenvalue weighted by Crippen LogP contribution is 2.48. The first kappa shape index (κ1) is 49.0. The molecule has 0 atom stereocenters. The summed E-state index contributed by atoms with van der Waals surface area (Å²) in [5.74, 6) is 5.24. The summed E-state index contributed by atoms with van der Waals surface area (Å²) in [7, 11) is 0. The predicted molar refractivity (Wildman–Crippen MR) is 243 cm³/mol. The number of rotatable bonds is 23. The van der Waals surface area contributed by atoms with Crippen LogP contribution in [0.25, 0.3) is 0 Å². The molecule has 3 aliphatic rings. The summed E-state index contributed by atoms with van der Waals surface area (Å²) in [6.07, 6.45) is 25.3. The number of esters is 1. The second kappa shape index (κ2) is 24.1. The van der Waals surface area contributed by atoms with Gasteiger partial charge in [0.25, 0.3) is 0 Å². The van der Waals surface area contributed by atoms with Crippen molar-refractivity contribution in [2.45, 2.75) is 182 Å². The van der Waals surface area contributed by atoms with Crippen LogP contribution in [0.4, 0.5) is 0 Å². The van der Waals surface area contributed by atoms with E-state index in [9.17, 15) is 19.8 Å². The standard InChI is InChI=1S/C52H85NO6/c1-9-10-11-12-39-13-15-40(16-14-39)41-17-19-42(20-18-41)43-21-23-44(24-22-43)47-33-45(25-30-53-49(56)37(2)3)48(46(34-47)26-31-59-50(57)38(4)5)58-32-29-52(35-54,36-55)28-27-51(6,7)8/h33-34,39-44,54-55H,2,4,9-32,35-36H2,1,3,5-8H3,(H,53,56). The Labute approximate surface area is 360 Å². The van der Waals surface area contributed by atoms with Crippen LogP contribution >= 0.6 is 0 Å². The first-order valence-electron chi connectivity index (χ1n) is 23.9. The second-order valence-corrected chi connectivity index (χ2v) is 20.7. The van der Waals surface area contributed by atoms with Crippen LogP contribution in [-0.4, -0.2) is 55.1 Å². The molecule has 59 heavy (non-hydrogen) atoms. The molecule has 334 valence electrons. The molecule has 1 aromatic rings. The summed E-state index contributed by atoms with van der Waals surface area (Å²) < 4.78 is 12.3. The Morgan fingerprint density at radius 1 is 0.729 bits per heavy atom. The molecule has 3 saturated carbocycles. The molecule has 3 fully saturated rings. The van der Waals surface area contributed by atoms with Gasteiger partial charge < -0.3 is 25.0 Å². The van der Waals surface area contributed by atoms with Gasteiger partial charge in [0.1, 0.15) is 5.75 Å². The van der Waals surface area contributed by atoms with Crippen molar-refractivity contribution >= 4 is 11.9 Å². The number of benzene rings is 1. The number of carbonyl (C=O) groups is 2. The van der Waals surface area contributed by atoms with Crippen molar-refractivity contribution in [3.63, 3.8) is 0 Å². The average Bonchev–Trinajstić information content (AvgIpc) is 3.22. The highest BCUT2D eigenvalue weighted by atomic mass is 16.5. The lowest BCUT2D eigenvalue weighted by Gasteiger charge is -2.41. The summed E-state index contributed by atoms with van der Waals surface area (Å²) in [4.78, 5) is 24.9. The molecular weight excluding hydrogens is 735 g/mol. The fourth-order valence-corrected chi connectivity index (χ4v) is 10.6. The van der Waals surface area contributed by atoms with Crippen LogP contribution in [0.1, 0.15) is 186 Å². The van der Waals surface area contributed by atoms with E-state index in [1.54, 1.807) is 13.8 Å². The van der Waals surface area contributed by atoms with Crippen LogP contribution in [0.3, 0.4) is 0 Å². The Hall–Kier alpha value is -2.64. The van der Waals surface area contributed by atoms with E-state index in [1.807, 2.05) is 0 Å². The molecule has 7 nitrogen and oxygen atoms in total. The maximum Gasteiger partial charge on any atom is 0.333 e. The van der Waals surface area contributed by atoms with Gasteiger partial charge in [-0.25, -0.2) is 4.79 Å². The Balaban J connectivity index is 1.46. The van der Waals surface area contributed by atoms with E-state index in [0.29, 0.717) is 55.9 Å². The van der Waals surface area contributed by atoms with Gasteiger partial charge in [0.2, 0.25) is 5.91 Å². The lowest BCUT2D eigenvalue weighted by molar-refractivity contribution is -0.138. The Morgan fingerprint density at radius 2 is 1.27 bits per heavy atom. The third-order valence-electron chi connectivity index (χ3n) is 14.7. The Morgan fingerprint density at radius 3 is 1.78 bits per heavy atom. The van der Waals surface area contributed by atoms with Crippen LogP contribution in [0, 0.1) is 40.4 Å². The molecule has 1 aromatic carbocycles. The maximum absolute atomic E-state index is 12.5. The normalized spacial score (nSPS) is 24.0. The summed E-state index contributed by atoms with van der Waals surface area (Å²) in [6, 6.07) is 4.57. The number of nitrogens with one attached hydrogen (secondary N) is 1. The van der Waals surface area contributed by atoms with Crippen molar-refractivity contribution < 1.29 is 29.3 Å². The molecule has 0 aliphatic heterocycles. The predicted octanol–water partition coefficient (Wildman–Crippen LogP) is 11.6. The van der Waals surface area contributed by atoms with Crippen molar-refractivity contribution in [1.82, 2.24) is 5.32 Å². The first-order chi connectivity index (χ1) is 28.2. The number of aliphatic hydroxyl groups is 2. The Bertz CT molecular complexity index is 1410. The van der Waals surface area contributed by atoms with Crippen molar-refractivity contribution in [3.05, 3.63) is 53.1 Å². The molecule has 0 bridgehead atoms. The van der Waals surface area contributed by atoms with Gasteiger partial charge >= 0.3 is 5.97 Å². The highest BCUT2D eigenvalue weighted by molar-refractivity contribution is 5.92. The molecule has 0 heterocycles. The van der Waals surface area contributed by atoms with Crippen LogP contribution in [0.5, 0.6) is 5.75 Å². The van der Waals surface area contributed by atoms with Crippen LogP contribution in [-0.2, 0) is 27.2 Å². The van der Waals surface area contributed by atoms with E-state index in [4.69, 9.17) is 9.47 Å². The van der Waals surface area contributed by atoms with E-state index in [2.05, 4.69) is 58.3 Å². The molecule has 0 spiro atoms. The molecule has 7 heteroatoms. The van der Waals surface area contributed by atoms with E-state index < -0.39 is 11.4 Å². The van der Waals surface area contributed by atoms with E-state index in [0.717, 1.165) is 52.9 Å². The number of unbranched alkanes of at least 4 members (excludes halogenated alkanes) is 2. The smallest absolute Gasteiger partial charge is 0.333 e. The number of amides is 1. The number of carbonyl (C=O) groups excluding carboxylic acids is 2. The second-order valence-electron chi connectivity index (χ2n) is 20.7. The first-order valence-corrected chi connectivity index (χ1v) is 23.9. The fraction of sp³-hybridized carbons (Fsp3) is 0.769. The lowest BCUT2D eigenvalue weighted by atomic mass is 9.64. The van der Waals surface area contributed by atoms with Crippen molar-refractivity contribution in [3.8, 4) is 5.75 Å². The van der Waals surface area contributed by atoms with Gasteiger partial charge in [-0.15, -0.1) is 0 Å². The molecule has 0 saturated heterocycles. The summed E-state index contributed by atoms with van der Waals surface area (Å²) in [5, 5.41) is 24.0. The SMILES string of the molecule is C=C(C)C(=O)NCCc1cc(C2CCC(C3CCC(C4CCC(CCCCC)CC4)CC3)CC2)cc(CCOC(=O)C(=C)C)c1OCCC(CO)(CO)CCC(C)(C)C. The van der Waals surface area contributed by atoms with Gasteiger partial charge in [0.05, 0.1) is 26.4 Å². The van der Waals surface area contributed by atoms with Crippen LogP contribution < -0.4 is 10.1 Å². The fourth-order valence-electron chi connectivity index (χ4n) is 10.6. The maximum atomic E-state index is 12.5. The number of ether oxygens (including phenoxy) is 2. The Kier molecular flexibility index (Phi) is 20.0. The number of hydrogen-bond donors (Lipinski definition) is 3. The minimum Gasteiger partial charge on any atom is -0.493 e. The number of hydrogen-bond acceptors (Lipinski definition) is 6. The zero-order valence-electron chi connectivity index (χ0n) is 38.4. The van der Waals surface area contributed by atoms with E-state index >= 15 is 0 Å². The third-order valence-corrected chi connectivity index (χ3v) is 14.7. The third kappa shape index (κ3) is 15.6. The highest BCUT2D eigenvalue weighted by Gasteiger charge is 2.36. The molecule has 3 N–H and O–H groups in total. The van der Waals surface area contributed by atoms with Crippen molar-refractivity contribution in [2.24, 2.45) is 40.4 Å². The molecule has 0 radical (unpaired) electrons. The molecular formula is C52H85NO6. The van der Waals surface area contributed by atoms with Gasteiger partial charge in [-0.1, -0.05) is 91.5 Å². The molecule has 0 aromatic heterocycles. The van der Waals surface area contributed by atoms with Gasteiger partial charge in [0.15, 0.2) is 0 Å². The van der Waals surface area contributed by atoms with E-state index in [-0.39, 0.29) is 31.1 Å². The molecule has 1 amide bonds. The summed E-state index contributed by atoms with van der Waals surface area (Å²) in [6.45, 7) is 20.5. The van der Waals surface area contributed by atoms with E-state index in [1.165, 1.54) is 108 Å². The monoisotopic (exact) mass is 820 g/mol. The zero-order valence-corrected chi connectivity index (χ0v) is 38.4. The van der Waals surface area contributed by atoms with Gasteiger partial charge in [-0.05, 0) is 161 Å².